The Bertz CT molecular complexity index is 818. The summed E-state index contributed by atoms with van der Waals surface area (Å²) in [6.45, 7) is 1.41. The molecule has 2 N–H and O–H groups in total. The zero-order valence-corrected chi connectivity index (χ0v) is 12.1. The summed E-state index contributed by atoms with van der Waals surface area (Å²) in [7, 11) is -4.24. The van der Waals surface area contributed by atoms with Crippen molar-refractivity contribution in [2.24, 2.45) is 0 Å². The zero-order chi connectivity index (χ0) is 15.8. The fourth-order valence-corrected chi connectivity index (χ4v) is 3.61. The second-order valence-corrected chi connectivity index (χ2v) is 6.41. The molecule has 0 amide bonds. The molecule has 0 aliphatic heterocycles. The quantitative estimate of drug-likeness (QED) is 0.894. The molecule has 0 saturated heterocycles. The number of aromatic carboxylic acids is 1. The standard InChI is InChI=1S/C11H8F2N2O4S2/c1-5-9(11(16)17)10(20-14-5)15-21(18,19)6-2-3-7(12)8(13)4-6/h2-4,15H,1H3,(H,16,17). The minimum absolute atomic E-state index is 0.149. The summed E-state index contributed by atoms with van der Waals surface area (Å²) in [6.07, 6.45) is 0. The predicted octanol–water partition coefficient (Wildman–Crippen LogP) is 2.23. The highest BCUT2D eigenvalue weighted by molar-refractivity contribution is 7.93. The van der Waals surface area contributed by atoms with E-state index in [4.69, 9.17) is 5.11 Å². The van der Waals surface area contributed by atoms with E-state index in [1.807, 2.05) is 4.72 Å². The van der Waals surface area contributed by atoms with Gasteiger partial charge in [0.2, 0.25) is 0 Å². The lowest BCUT2D eigenvalue weighted by Crippen LogP contribution is -2.14. The van der Waals surface area contributed by atoms with Crippen LogP contribution in [0.15, 0.2) is 23.1 Å². The Morgan fingerprint density at radius 3 is 2.57 bits per heavy atom. The molecular weight excluding hydrogens is 326 g/mol. The van der Waals surface area contributed by atoms with Crippen LogP contribution in [-0.4, -0.2) is 23.9 Å². The van der Waals surface area contributed by atoms with Crippen molar-refractivity contribution in [2.75, 3.05) is 4.72 Å². The Morgan fingerprint density at radius 2 is 2.00 bits per heavy atom. The Kier molecular flexibility index (Phi) is 3.92. The van der Waals surface area contributed by atoms with Gasteiger partial charge in [-0.15, -0.1) is 0 Å². The third-order valence-electron chi connectivity index (χ3n) is 2.51. The van der Waals surface area contributed by atoms with Gasteiger partial charge in [0.1, 0.15) is 10.6 Å². The number of hydrogen-bond donors (Lipinski definition) is 2. The van der Waals surface area contributed by atoms with Gasteiger partial charge >= 0.3 is 5.97 Å². The van der Waals surface area contributed by atoms with Crippen molar-refractivity contribution in [3.8, 4) is 0 Å². The van der Waals surface area contributed by atoms with Gasteiger partial charge in [-0.05, 0) is 36.7 Å². The van der Waals surface area contributed by atoms with Gasteiger partial charge < -0.3 is 5.11 Å². The average Bonchev–Trinajstić information content (AvgIpc) is 2.73. The van der Waals surface area contributed by atoms with Crippen LogP contribution in [0.1, 0.15) is 16.1 Å². The number of aryl methyl sites for hydroxylation is 1. The van der Waals surface area contributed by atoms with E-state index in [-0.39, 0.29) is 16.3 Å². The molecule has 1 heterocycles. The molecule has 0 bridgehead atoms. The minimum atomic E-state index is -4.24. The van der Waals surface area contributed by atoms with Crippen molar-refractivity contribution in [3.63, 3.8) is 0 Å². The van der Waals surface area contributed by atoms with Crippen molar-refractivity contribution in [1.82, 2.24) is 4.37 Å². The molecule has 112 valence electrons. The van der Waals surface area contributed by atoms with Gasteiger partial charge in [-0.2, -0.15) is 4.37 Å². The molecule has 0 atom stereocenters. The molecule has 21 heavy (non-hydrogen) atoms. The molecule has 10 heteroatoms. The topological polar surface area (TPSA) is 96.4 Å². The number of nitrogens with zero attached hydrogens (tertiary/aromatic N) is 1. The maximum absolute atomic E-state index is 13.1. The Balaban J connectivity index is 2.42. The van der Waals surface area contributed by atoms with Gasteiger partial charge in [-0.3, -0.25) is 4.72 Å². The average molecular weight is 334 g/mol. The van der Waals surface area contributed by atoms with E-state index in [2.05, 4.69) is 4.37 Å². The van der Waals surface area contributed by atoms with Crippen LogP contribution in [0.25, 0.3) is 0 Å². The van der Waals surface area contributed by atoms with Crippen LogP contribution in [0.3, 0.4) is 0 Å². The highest BCUT2D eigenvalue weighted by Gasteiger charge is 2.23. The van der Waals surface area contributed by atoms with Crippen molar-refractivity contribution in [2.45, 2.75) is 11.8 Å². The molecule has 0 unspecified atom stereocenters. The van der Waals surface area contributed by atoms with Crippen molar-refractivity contribution in [1.29, 1.82) is 0 Å². The fourth-order valence-electron chi connectivity index (χ4n) is 1.52. The predicted molar refractivity (Wildman–Crippen MR) is 71.0 cm³/mol. The largest absolute Gasteiger partial charge is 0.478 e. The molecule has 2 rings (SSSR count). The summed E-state index contributed by atoms with van der Waals surface area (Å²) >= 11 is 0.644. The lowest BCUT2D eigenvalue weighted by Gasteiger charge is -2.07. The van der Waals surface area contributed by atoms with E-state index in [1.165, 1.54) is 6.92 Å². The normalized spacial score (nSPS) is 11.4. The summed E-state index contributed by atoms with van der Waals surface area (Å²) in [5.41, 5.74) is -0.137. The number of halogens is 2. The van der Waals surface area contributed by atoms with Crippen LogP contribution in [0.4, 0.5) is 13.8 Å². The first kappa shape index (κ1) is 15.3. The summed E-state index contributed by atoms with van der Waals surface area (Å²) in [5.74, 6) is -3.85. The number of anilines is 1. The smallest absolute Gasteiger partial charge is 0.340 e. The number of carboxylic acid groups (broad SMARTS) is 1. The third-order valence-corrected chi connectivity index (χ3v) is 4.84. The van der Waals surface area contributed by atoms with Gasteiger partial charge in [0.25, 0.3) is 10.0 Å². The molecular formula is C11H8F2N2O4S2. The fraction of sp³-hybridized carbons (Fsp3) is 0.0909. The van der Waals surface area contributed by atoms with E-state index < -0.39 is 32.5 Å². The van der Waals surface area contributed by atoms with Gasteiger partial charge in [-0.1, -0.05) is 0 Å². The van der Waals surface area contributed by atoms with E-state index in [1.54, 1.807) is 0 Å². The second-order valence-electron chi connectivity index (χ2n) is 3.96. The first-order valence-corrected chi connectivity index (χ1v) is 7.65. The molecule has 0 fully saturated rings. The number of benzene rings is 1. The minimum Gasteiger partial charge on any atom is -0.478 e. The van der Waals surface area contributed by atoms with Crippen LogP contribution >= 0.6 is 11.5 Å². The lowest BCUT2D eigenvalue weighted by atomic mass is 10.2. The number of hydrogen-bond acceptors (Lipinski definition) is 5. The molecule has 1 aromatic carbocycles. The van der Waals surface area contributed by atoms with Crippen molar-refractivity contribution in [3.05, 3.63) is 41.1 Å². The number of carboxylic acids is 1. The third kappa shape index (κ3) is 3.00. The van der Waals surface area contributed by atoms with Gasteiger partial charge in [0.05, 0.1) is 10.6 Å². The Morgan fingerprint density at radius 1 is 1.33 bits per heavy atom. The number of aromatic nitrogens is 1. The van der Waals surface area contributed by atoms with Crippen LogP contribution in [0.5, 0.6) is 0 Å². The van der Waals surface area contributed by atoms with E-state index in [9.17, 15) is 22.0 Å². The lowest BCUT2D eigenvalue weighted by molar-refractivity contribution is 0.0697. The SMILES string of the molecule is Cc1nsc(NS(=O)(=O)c2ccc(F)c(F)c2)c1C(=O)O. The van der Waals surface area contributed by atoms with Gasteiger partial charge in [-0.25, -0.2) is 22.0 Å². The molecule has 0 radical (unpaired) electrons. The number of sulfonamides is 1. The second kappa shape index (κ2) is 5.37. The van der Waals surface area contributed by atoms with Crippen molar-refractivity contribution < 1.29 is 27.1 Å². The first-order valence-electron chi connectivity index (χ1n) is 5.40. The van der Waals surface area contributed by atoms with Crippen LogP contribution in [0, 0.1) is 18.6 Å². The van der Waals surface area contributed by atoms with Gasteiger partial charge in [0, 0.05) is 0 Å². The summed E-state index contributed by atoms with van der Waals surface area (Å²) in [6, 6.07) is 2.04. The molecule has 2 aromatic rings. The van der Waals surface area contributed by atoms with Crippen LogP contribution < -0.4 is 4.72 Å². The Hall–Kier alpha value is -2.07. The maximum Gasteiger partial charge on any atom is 0.340 e. The van der Waals surface area contributed by atoms with Crippen LogP contribution in [0.2, 0.25) is 0 Å². The van der Waals surface area contributed by atoms with E-state index in [0.29, 0.717) is 23.7 Å². The molecule has 0 spiro atoms. The van der Waals surface area contributed by atoms with E-state index >= 15 is 0 Å². The first-order chi connectivity index (χ1) is 9.72. The summed E-state index contributed by atoms with van der Waals surface area (Å²) in [4.78, 5) is 10.5. The molecule has 0 aliphatic rings. The van der Waals surface area contributed by atoms with Crippen molar-refractivity contribution >= 4 is 32.5 Å². The number of carbonyl (C=O) groups is 1. The molecule has 0 aliphatic carbocycles. The van der Waals surface area contributed by atoms with E-state index in [0.717, 1.165) is 6.07 Å². The summed E-state index contributed by atoms with van der Waals surface area (Å²) in [5, 5.41) is 8.80. The zero-order valence-electron chi connectivity index (χ0n) is 10.4. The monoisotopic (exact) mass is 334 g/mol. The van der Waals surface area contributed by atoms with Gasteiger partial charge in [0.15, 0.2) is 11.6 Å². The number of nitrogens with one attached hydrogen (secondary N) is 1. The molecule has 1 aromatic heterocycles. The Labute approximate surface area is 122 Å². The number of rotatable bonds is 4. The molecule has 0 saturated carbocycles. The maximum atomic E-state index is 13.1. The summed E-state index contributed by atoms with van der Waals surface area (Å²) < 4.78 is 55.7. The highest BCUT2D eigenvalue weighted by atomic mass is 32.2. The highest BCUT2D eigenvalue weighted by Crippen LogP contribution is 2.27. The van der Waals surface area contributed by atoms with Crippen LogP contribution in [-0.2, 0) is 10.0 Å². The molecule has 6 nitrogen and oxygen atoms in total.